The first-order chi connectivity index (χ1) is 29.1. The monoisotopic (exact) mass is 843 g/mol. The molecule has 0 bridgehead atoms. The van der Waals surface area contributed by atoms with Crippen molar-refractivity contribution in [2.24, 2.45) is 0 Å². The average Bonchev–Trinajstić information content (AvgIpc) is 3.26. The highest BCUT2D eigenvalue weighted by molar-refractivity contribution is 6.42. The summed E-state index contributed by atoms with van der Waals surface area (Å²) in [6.45, 7) is 3.17. The van der Waals surface area contributed by atoms with Crippen molar-refractivity contribution >= 4 is 35.1 Å². The van der Waals surface area contributed by atoms with Gasteiger partial charge in [-0.1, -0.05) is 103 Å². The van der Waals surface area contributed by atoms with E-state index in [9.17, 15) is 19.5 Å². The molecule has 0 radical (unpaired) electrons. The van der Waals surface area contributed by atoms with E-state index in [2.05, 4.69) is 34.3 Å². The van der Waals surface area contributed by atoms with Crippen LogP contribution in [-0.4, -0.2) is 45.6 Å². The largest absolute Gasteiger partial charge is 0.489 e. The highest BCUT2D eigenvalue weighted by atomic mass is 35.5. The first kappa shape index (κ1) is 40.7. The number of aliphatic carboxylic acids is 1. The molecule has 3 heterocycles. The van der Waals surface area contributed by atoms with Crippen LogP contribution in [0.2, 0.25) is 10.0 Å². The van der Waals surface area contributed by atoms with Crippen LogP contribution in [-0.2, 0) is 35.6 Å². The van der Waals surface area contributed by atoms with Crippen LogP contribution < -0.4 is 25.1 Å². The summed E-state index contributed by atoms with van der Waals surface area (Å²) in [5.74, 6) is 0.435. The summed E-state index contributed by atoms with van der Waals surface area (Å²) in [7, 11) is 0. The number of carbonyl (C=O) groups excluding carboxylic acids is 1. The lowest BCUT2D eigenvalue weighted by molar-refractivity contribution is -0.143. The van der Waals surface area contributed by atoms with Crippen LogP contribution in [0.4, 0.5) is 0 Å². The van der Waals surface area contributed by atoms with Crippen molar-refractivity contribution in [2.45, 2.75) is 63.6 Å². The van der Waals surface area contributed by atoms with Gasteiger partial charge in [0.15, 0.2) is 17.6 Å². The van der Waals surface area contributed by atoms with Gasteiger partial charge in [0.25, 0.3) is 0 Å². The van der Waals surface area contributed by atoms with Crippen LogP contribution >= 0.6 is 23.2 Å². The van der Waals surface area contributed by atoms with Crippen molar-refractivity contribution in [1.82, 2.24) is 15.2 Å². The molecule has 1 unspecified atom stereocenters. The molecule has 1 amide bonds. The number of halogens is 2. The maximum atomic E-state index is 14.4. The fourth-order valence-corrected chi connectivity index (χ4v) is 8.30. The first-order valence-electron chi connectivity index (χ1n) is 19.9. The first-order valence-corrected chi connectivity index (χ1v) is 20.6. The van der Waals surface area contributed by atoms with Crippen molar-refractivity contribution in [2.75, 3.05) is 6.61 Å². The van der Waals surface area contributed by atoms with Gasteiger partial charge in [0, 0.05) is 31.3 Å². The minimum Gasteiger partial charge on any atom is -0.489 e. The minimum atomic E-state index is -1.16. The Labute approximate surface area is 357 Å². The van der Waals surface area contributed by atoms with Crippen LogP contribution in [0.1, 0.15) is 58.9 Å². The molecule has 2 aliphatic heterocycles. The Morgan fingerprint density at radius 1 is 0.867 bits per heavy atom. The highest BCUT2D eigenvalue weighted by Crippen LogP contribution is 2.42. The van der Waals surface area contributed by atoms with Gasteiger partial charge in [0.05, 0.1) is 16.1 Å². The average molecular weight is 845 g/mol. The van der Waals surface area contributed by atoms with E-state index in [1.807, 2.05) is 84.9 Å². The molecule has 12 heteroatoms. The number of carboxylic acids is 1. The zero-order chi connectivity index (χ0) is 41.8. The van der Waals surface area contributed by atoms with E-state index >= 15 is 0 Å². The molecular formula is C48H43Cl2N3O7. The van der Waals surface area contributed by atoms with E-state index in [-0.39, 0.29) is 30.0 Å². The molecule has 306 valence electrons. The fraction of sp³-hybridized carbons (Fsp3) is 0.229. The summed E-state index contributed by atoms with van der Waals surface area (Å²) in [6, 6.07) is 35.9. The van der Waals surface area contributed by atoms with Crippen LogP contribution in [0.5, 0.6) is 17.2 Å². The summed E-state index contributed by atoms with van der Waals surface area (Å²) in [4.78, 5) is 43.6. The fourth-order valence-electron chi connectivity index (χ4n) is 7.98. The van der Waals surface area contributed by atoms with Crippen LogP contribution in [0.3, 0.4) is 0 Å². The lowest BCUT2D eigenvalue weighted by atomic mass is 9.89. The Hall–Kier alpha value is -6.07. The second kappa shape index (κ2) is 18.0. The third-order valence-corrected chi connectivity index (χ3v) is 11.9. The van der Waals surface area contributed by atoms with Gasteiger partial charge in [-0.15, -0.1) is 0 Å². The Balaban J connectivity index is 0.993. The third kappa shape index (κ3) is 9.21. The zero-order valence-electron chi connectivity index (χ0n) is 32.8. The van der Waals surface area contributed by atoms with Crippen LogP contribution in [0.25, 0.3) is 11.1 Å². The Morgan fingerprint density at radius 2 is 1.62 bits per heavy atom. The predicted molar refractivity (Wildman–Crippen MR) is 231 cm³/mol. The molecule has 1 aromatic heterocycles. The molecule has 10 nitrogen and oxygen atoms in total. The number of pyridine rings is 1. The molecule has 4 atom stereocenters. The van der Waals surface area contributed by atoms with E-state index in [0.29, 0.717) is 53.5 Å². The molecule has 0 aliphatic carbocycles. The number of fused-ring (bicyclic) bond motifs is 2. The number of hydrogen-bond acceptors (Lipinski definition) is 7. The van der Waals surface area contributed by atoms with Gasteiger partial charge >= 0.3 is 5.97 Å². The second-order valence-electron chi connectivity index (χ2n) is 15.1. The summed E-state index contributed by atoms with van der Waals surface area (Å²) in [5.41, 5.74) is 6.98. The number of nitrogens with one attached hydrogen (secondary N) is 2. The Bertz CT molecular complexity index is 2550. The number of benzene rings is 5. The topological polar surface area (TPSA) is 130 Å². The number of nitrogens with zero attached hydrogens (tertiary/aromatic N) is 1. The van der Waals surface area contributed by atoms with Crippen molar-refractivity contribution < 1.29 is 28.9 Å². The molecule has 0 spiro atoms. The SMILES string of the molecule is CC[C@@H](c1ccccc1)N1Cc2cc3c(cc2C[C@H]1C(=O)NC(Cc1ccc(-c2cc[nH]c(=O)c2)cc1)C(=O)O)OC[C@H](c1ccc(OCc2ccc(Cl)c(Cl)c2)cc1)O3. The number of carboxylic acid groups (broad SMARTS) is 1. The van der Waals surface area contributed by atoms with E-state index in [1.54, 1.807) is 24.4 Å². The van der Waals surface area contributed by atoms with Crippen molar-refractivity contribution in [3.05, 3.63) is 181 Å². The molecule has 6 aromatic rings. The summed E-state index contributed by atoms with van der Waals surface area (Å²) in [6.07, 6.45) is 2.40. The van der Waals surface area contributed by atoms with Gasteiger partial charge in [-0.25, -0.2) is 4.79 Å². The lowest BCUT2D eigenvalue weighted by Gasteiger charge is -2.42. The molecular weight excluding hydrogens is 801 g/mol. The molecule has 5 aromatic carbocycles. The number of hydrogen-bond donors (Lipinski definition) is 3. The van der Waals surface area contributed by atoms with Gasteiger partial charge in [0.1, 0.15) is 25.0 Å². The predicted octanol–water partition coefficient (Wildman–Crippen LogP) is 9.13. The molecule has 0 saturated heterocycles. The number of aromatic amines is 1. The number of rotatable bonds is 13. The molecule has 60 heavy (non-hydrogen) atoms. The third-order valence-electron chi connectivity index (χ3n) is 11.1. The van der Waals surface area contributed by atoms with Crippen molar-refractivity contribution in [3.63, 3.8) is 0 Å². The molecule has 3 N–H and O–H groups in total. The van der Waals surface area contributed by atoms with Crippen LogP contribution in [0, 0.1) is 0 Å². The smallest absolute Gasteiger partial charge is 0.326 e. The van der Waals surface area contributed by atoms with E-state index in [4.69, 9.17) is 37.4 Å². The van der Waals surface area contributed by atoms with Gasteiger partial charge < -0.3 is 29.6 Å². The minimum absolute atomic E-state index is 0.0876. The zero-order valence-corrected chi connectivity index (χ0v) is 34.3. The molecule has 2 aliphatic rings. The maximum Gasteiger partial charge on any atom is 0.326 e. The van der Waals surface area contributed by atoms with E-state index in [1.165, 1.54) is 6.07 Å². The number of amides is 1. The Morgan fingerprint density at radius 3 is 2.33 bits per heavy atom. The lowest BCUT2D eigenvalue weighted by Crippen LogP contribution is -2.55. The normalized spacial score (nSPS) is 16.9. The highest BCUT2D eigenvalue weighted by Gasteiger charge is 2.38. The molecule has 0 fully saturated rings. The van der Waals surface area contributed by atoms with Crippen molar-refractivity contribution in [1.29, 1.82) is 0 Å². The van der Waals surface area contributed by atoms with Gasteiger partial charge in [0.2, 0.25) is 11.5 Å². The second-order valence-corrected chi connectivity index (χ2v) is 15.9. The number of aromatic nitrogens is 1. The quantitative estimate of drug-likeness (QED) is 0.105. The van der Waals surface area contributed by atoms with E-state index in [0.717, 1.165) is 50.9 Å². The van der Waals surface area contributed by atoms with E-state index < -0.39 is 18.1 Å². The molecule has 0 saturated carbocycles. The van der Waals surface area contributed by atoms with Gasteiger partial charge in [-0.3, -0.25) is 14.5 Å². The number of ether oxygens (including phenoxy) is 3. The Kier molecular flexibility index (Phi) is 12.2. The van der Waals surface area contributed by atoms with Gasteiger partial charge in [-0.2, -0.15) is 0 Å². The summed E-state index contributed by atoms with van der Waals surface area (Å²) in [5, 5.41) is 14.2. The van der Waals surface area contributed by atoms with Crippen LogP contribution in [0.15, 0.2) is 132 Å². The molecule has 8 rings (SSSR count). The van der Waals surface area contributed by atoms with Gasteiger partial charge in [-0.05, 0) is 99.8 Å². The standard InChI is InChI=1S/C48H43Cl2N3O7/c1-2-41(32-6-4-3-5-7-32)53-26-36-24-44-43(59-28-45(60-44)33-13-15-37(16-14-33)58-27-30-10-17-38(49)39(50)20-30)23-35(36)22-42(53)47(55)52-40(48(56)57)21-29-8-11-31(12-9-29)34-18-19-51-46(54)25-34/h3-20,23-25,40-42,45H,2,21-22,26-28H2,1H3,(H,51,54)(H,52,55)(H,56,57)/t40?,41-,42-,45+/m0/s1. The maximum absolute atomic E-state index is 14.4. The summed E-state index contributed by atoms with van der Waals surface area (Å²) >= 11 is 12.2. The summed E-state index contributed by atoms with van der Waals surface area (Å²) < 4.78 is 18.8. The number of carbonyl (C=O) groups is 2. The van der Waals surface area contributed by atoms with Crippen molar-refractivity contribution in [3.8, 4) is 28.4 Å². The number of H-pyrrole nitrogens is 1.